The fourth-order valence-electron chi connectivity index (χ4n) is 3.05. The molecule has 0 spiro atoms. The predicted octanol–water partition coefficient (Wildman–Crippen LogP) is 6.36. The highest BCUT2D eigenvalue weighted by Crippen LogP contribution is 2.41. The molecular weight excluding hydrogens is 403 g/mol. The summed E-state index contributed by atoms with van der Waals surface area (Å²) in [7, 11) is 0. The Morgan fingerprint density at radius 2 is 1.24 bits per heavy atom. The number of hydrogen-bond donors (Lipinski definition) is 2. The van der Waals surface area contributed by atoms with Gasteiger partial charge in [-0.1, -0.05) is 53.7 Å². The van der Waals surface area contributed by atoms with Crippen LogP contribution < -0.4 is 10.5 Å². The van der Waals surface area contributed by atoms with Gasteiger partial charge in [0.1, 0.15) is 11.5 Å². The van der Waals surface area contributed by atoms with Gasteiger partial charge in [0.25, 0.3) is 0 Å². The molecule has 0 heterocycles. The summed E-state index contributed by atoms with van der Waals surface area (Å²) in [6.07, 6.45) is -4.73. The summed E-state index contributed by atoms with van der Waals surface area (Å²) in [5, 5.41) is 10.8. The van der Waals surface area contributed by atoms with Gasteiger partial charge in [-0.2, -0.15) is 0 Å². The molecule has 0 unspecified atom stereocenters. The van der Waals surface area contributed by atoms with E-state index < -0.39 is 12.4 Å². The molecule has 3 nitrogen and oxygen atoms in total. The highest BCUT2D eigenvalue weighted by Gasteiger charge is 2.31. The van der Waals surface area contributed by atoms with Crippen LogP contribution in [-0.2, 0) is 10.8 Å². The van der Waals surface area contributed by atoms with E-state index in [9.17, 15) is 18.3 Å². The lowest BCUT2D eigenvalue weighted by Gasteiger charge is -2.29. The van der Waals surface area contributed by atoms with E-state index >= 15 is 0 Å². The van der Waals surface area contributed by atoms with Gasteiger partial charge < -0.3 is 15.6 Å². The van der Waals surface area contributed by atoms with Crippen molar-refractivity contribution in [2.45, 2.75) is 64.8 Å². The van der Waals surface area contributed by atoms with Crippen LogP contribution >= 0.6 is 12.4 Å². The third-order valence-corrected chi connectivity index (χ3v) is 4.58. The number of phenolic OH excluding ortho intramolecular Hbond substituents is 1. The Balaban J connectivity index is 0.00000420. The third kappa shape index (κ3) is 6.28. The molecule has 0 saturated heterocycles. The van der Waals surface area contributed by atoms with Crippen molar-refractivity contribution in [3.63, 3.8) is 0 Å². The largest absolute Gasteiger partial charge is 0.573 e. The van der Waals surface area contributed by atoms with E-state index in [2.05, 4.69) is 4.74 Å². The quantitative estimate of drug-likeness (QED) is 0.594. The smallest absolute Gasteiger partial charge is 0.507 e. The van der Waals surface area contributed by atoms with Gasteiger partial charge in [-0.25, -0.2) is 0 Å². The van der Waals surface area contributed by atoms with E-state index in [4.69, 9.17) is 5.73 Å². The first-order valence-corrected chi connectivity index (χ1v) is 9.09. The van der Waals surface area contributed by atoms with Crippen molar-refractivity contribution >= 4 is 12.4 Å². The molecule has 0 aromatic heterocycles. The highest BCUT2D eigenvalue weighted by atomic mass is 35.5. The summed E-state index contributed by atoms with van der Waals surface area (Å²) in [4.78, 5) is 0. The molecule has 162 valence electrons. The number of rotatable bonds is 3. The van der Waals surface area contributed by atoms with Crippen molar-refractivity contribution in [3.05, 3.63) is 58.7 Å². The van der Waals surface area contributed by atoms with Crippen LogP contribution in [0.2, 0.25) is 0 Å². The second-order valence-corrected chi connectivity index (χ2v) is 9.06. The number of ether oxygens (including phenoxy) is 1. The van der Waals surface area contributed by atoms with E-state index in [1.54, 1.807) is 0 Å². The monoisotopic (exact) mass is 431 g/mol. The summed E-state index contributed by atoms with van der Waals surface area (Å²) in [6.45, 7) is 12.0. The van der Waals surface area contributed by atoms with Crippen molar-refractivity contribution < 1.29 is 23.0 Å². The van der Waals surface area contributed by atoms with Gasteiger partial charge in [0.2, 0.25) is 0 Å². The molecule has 3 N–H and O–H groups in total. The Hall–Kier alpha value is -1.92. The maximum absolute atomic E-state index is 12.3. The second kappa shape index (κ2) is 8.44. The topological polar surface area (TPSA) is 55.5 Å². The molecule has 2 aromatic carbocycles. The molecule has 0 saturated carbocycles. The SMILES string of the molecule is CC(C)(C)c1cc([C@H](N)c2ccc(OC(F)(F)F)cc2)cc(C(C)(C)C)c1O.Cl. The van der Waals surface area contributed by atoms with Gasteiger partial charge in [0.05, 0.1) is 6.04 Å². The minimum atomic E-state index is -4.73. The highest BCUT2D eigenvalue weighted by molar-refractivity contribution is 5.85. The number of benzene rings is 2. The van der Waals surface area contributed by atoms with Crippen molar-refractivity contribution in [3.8, 4) is 11.5 Å². The van der Waals surface area contributed by atoms with Gasteiger partial charge in [-0.3, -0.25) is 0 Å². The zero-order chi connectivity index (χ0) is 21.5. The van der Waals surface area contributed by atoms with Crippen molar-refractivity contribution in [1.82, 2.24) is 0 Å². The molecule has 0 amide bonds. The van der Waals surface area contributed by atoms with Gasteiger partial charge in [-0.15, -0.1) is 25.6 Å². The molecular formula is C22H29ClF3NO2. The number of phenols is 1. The van der Waals surface area contributed by atoms with Crippen LogP contribution in [-0.4, -0.2) is 11.5 Å². The fraction of sp³-hybridized carbons (Fsp3) is 0.455. The van der Waals surface area contributed by atoms with Crippen molar-refractivity contribution in [1.29, 1.82) is 0 Å². The Morgan fingerprint density at radius 3 is 1.59 bits per heavy atom. The predicted molar refractivity (Wildman–Crippen MR) is 112 cm³/mol. The molecule has 2 aromatic rings. The van der Waals surface area contributed by atoms with Gasteiger partial charge in [-0.05, 0) is 57.3 Å². The number of nitrogens with two attached hydrogens (primary N) is 1. The lowest BCUT2D eigenvalue weighted by molar-refractivity contribution is -0.274. The fourth-order valence-corrected chi connectivity index (χ4v) is 3.05. The zero-order valence-corrected chi connectivity index (χ0v) is 18.3. The third-order valence-electron chi connectivity index (χ3n) is 4.58. The lowest BCUT2D eigenvalue weighted by atomic mass is 9.77. The minimum absolute atomic E-state index is 0. The van der Waals surface area contributed by atoms with E-state index in [0.29, 0.717) is 5.56 Å². The van der Waals surface area contributed by atoms with Crippen molar-refractivity contribution in [2.75, 3.05) is 0 Å². The molecule has 0 aliphatic carbocycles. The van der Waals surface area contributed by atoms with Crippen LogP contribution in [0.15, 0.2) is 36.4 Å². The molecule has 1 atom stereocenters. The first-order chi connectivity index (χ1) is 12.6. The van der Waals surface area contributed by atoms with Gasteiger partial charge >= 0.3 is 6.36 Å². The van der Waals surface area contributed by atoms with Crippen LogP contribution in [0.5, 0.6) is 11.5 Å². The summed E-state index contributed by atoms with van der Waals surface area (Å²) in [5.41, 5.74) is 8.82. The first kappa shape index (κ1) is 25.1. The molecule has 0 radical (unpaired) electrons. The molecule has 7 heteroatoms. The number of aromatic hydroxyl groups is 1. The Kier molecular flexibility index (Phi) is 7.31. The Morgan fingerprint density at radius 1 is 0.828 bits per heavy atom. The molecule has 2 rings (SSSR count). The lowest BCUT2D eigenvalue weighted by Crippen LogP contribution is -2.20. The molecule has 0 aliphatic heterocycles. The maximum Gasteiger partial charge on any atom is 0.573 e. The molecule has 0 bridgehead atoms. The van der Waals surface area contributed by atoms with Crippen LogP contribution in [0.3, 0.4) is 0 Å². The number of hydrogen-bond acceptors (Lipinski definition) is 3. The average molecular weight is 432 g/mol. The zero-order valence-electron chi connectivity index (χ0n) is 17.5. The van der Waals surface area contributed by atoms with Gasteiger partial charge in [0.15, 0.2) is 0 Å². The number of alkyl halides is 3. The van der Waals surface area contributed by atoms with E-state index in [-0.39, 0.29) is 34.7 Å². The van der Waals surface area contributed by atoms with Crippen molar-refractivity contribution in [2.24, 2.45) is 5.73 Å². The van der Waals surface area contributed by atoms with Crippen LogP contribution in [0.1, 0.15) is 69.8 Å². The normalized spacial score (nSPS) is 13.6. The van der Waals surface area contributed by atoms with Gasteiger partial charge in [0, 0.05) is 0 Å². The van der Waals surface area contributed by atoms with E-state index in [1.807, 2.05) is 53.7 Å². The summed E-state index contributed by atoms with van der Waals surface area (Å²) in [6, 6.07) is 8.72. The maximum atomic E-state index is 12.3. The molecule has 29 heavy (non-hydrogen) atoms. The Bertz CT molecular complexity index is 800. The summed E-state index contributed by atoms with van der Waals surface area (Å²) in [5.74, 6) is -0.0372. The second-order valence-electron chi connectivity index (χ2n) is 9.06. The average Bonchev–Trinajstić information content (AvgIpc) is 2.51. The minimum Gasteiger partial charge on any atom is -0.507 e. The van der Waals surface area contributed by atoms with E-state index in [0.717, 1.165) is 16.7 Å². The first-order valence-electron chi connectivity index (χ1n) is 9.09. The van der Waals surface area contributed by atoms with Crippen LogP contribution in [0.25, 0.3) is 0 Å². The molecule has 0 fully saturated rings. The molecule has 0 aliphatic rings. The summed E-state index contributed by atoms with van der Waals surface area (Å²) < 4.78 is 40.9. The summed E-state index contributed by atoms with van der Waals surface area (Å²) >= 11 is 0. The number of halogens is 4. The Labute approximate surface area is 176 Å². The van der Waals surface area contributed by atoms with Crippen LogP contribution in [0.4, 0.5) is 13.2 Å². The van der Waals surface area contributed by atoms with E-state index in [1.165, 1.54) is 24.3 Å². The van der Waals surface area contributed by atoms with Crippen LogP contribution in [0, 0.1) is 0 Å². The standard InChI is InChI=1S/C22H28F3NO2.ClH/c1-20(2,3)16-11-14(12-17(19(16)27)21(4,5)6)18(26)13-7-9-15(10-8-13)28-22(23,24)25;/h7-12,18,27H,26H2,1-6H3;1H/t18-;/m1./s1.